The van der Waals surface area contributed by atoms with E-state index in [4.69, 9.17) is 15.6 Å². The van der Waals surface area contributed by atoms with Gasteiger partial charge in [0.1, 0.15) is 12.2 Å². The van der Waals surface area contributed by atoms with Crippen LogP contribution >= 0.6 is 0 Å². The second kappa shape index (κ2) is 15.3. The van der Waals surface area contributed by atoms with Gasteiger partial charge in [0, 0.05) is 24.4 Å². The molecular weight excluding hydrogens is 618 g/mol. The Balaban J connectivity index is 1.37. The maximum absolute atomic E-state index is 13.0. The highest BCUT2D eigenvalue weighted by Crippen LogP contribution is 2.40. The fraction of sp³-hybridized carbons (Fsp3) is 0.444. The standard InChI is InChI=1S/C36H47N3O7S/c1-35(2,3)36(43,29-14-16-30(37)17-15-29)24-46-34(42)38-20-19-25-9-11-26(12-10-25)28-13-18-31(32(23-28)27-7-4-5-8-27)33(41)39-47(44,45)22-6-21-40/h9-18,23,27,40,43H,4-8,19-22,24,37H2,1-3H3,(H,38,42)(H,39,41)/t36-/m0/s1. The summed E-state index contributed by atoms with van der Waals surface area (Å²) in [5, 5.41) is 23.2. The molecule has 0 saturated heterocycles. The van der Waals surface area contributed by atoms with Crippen LogP contribution in [0, 0.1) is 5.41 Å². The van der Waals surface area contributed by atoms with Gasteiger partial charge >= 0.3 is 6.09 Å². The molecule has 3 aromatic carbocycles. The van der Waals surface area contributed by atoms with Gasteiger partial charge in [-0.1, -0.05) is 82.1 Å². The molecular formula is C36H47N3O7S. The van der Waals surface area contributed by atoms with E-state index in [0.717, 1.165) is 47.9 Å². The third-order valence-electron chi connectivity index (χ3n) is 8.92. The molecule has 1 aliphatic rings. The third kappa shape index (κ3) is 9.33. The van der Waals surface area contributed by atoms with E-state index in [-0.39, 0.29) is 31.3 Å². The van der Waals surface area contributed by atoms with Crippen LogP contribution in [0.3, 0.4) is 0 Å². The SMILES string of the molecule is CC(C)(C)[C@](O)(COC(=O)NCCc1ccc(-c2ccc(C(=O)NS(=O)(=O)CCCO)c(C3CCCC3)c2)cc1)c1ccc(N)cc1. The summed E-state index contributed by atoms with van der Waals surface area (Å²) in [5.74, 6) is -0.793. The number of nitrogen functional groups attached to an aromatic ring is 1. The van der Waals surface area contributed by atoms with Crippen LogP contribution in [0.25, 0.3) is 11.1 Å². The van der Waals surface area contributed by atoms with Crippen molar-refractivity contribution in [3.8, 4) is 11.1 Å². The number of aliphatic hydroxyl groups excluding tert-OH is 1. The molecule has 6 N–H and O–H groups in total. The van der Waals surface area contributed by atoms with Gasteiger partial charge < -0.3 is 26.0 Å². The topological polar surface area (TPSA) is 168 Å². The minimum atomic E-state index is -3.85. The Morgan fingerprint density at radius 3 is 2.21 bits per heavy atom. The highest BCUT2D eigenvalue weighted by Gasteiger charge is 2.43. The highest BCUT2D eigenvalue weighted by atomic mass is 32.2. The van der Waals surface area contributed by atoms with Crippen molar-refractivity contribution in [3.05, 3.63) is 89.0 Å². The number of aliphatic hydroxyl groups is 2. The van der Waals surface area contributed by atoms with Crippen LogP contribution in [0.5, 0.6) is 0 Å². The second-order valence-electron chi connectivity index (χ2n) is 13.3. The zero-order valence-corrected chi connectivity index (χ0v) is 28.2. The maximum atomic E-state index is 13.0. The monoisotopic (exact) mass is 665 g/mol. The normalized spacial score (nSPS) is 15.2. The molecule has 0 unspecified atom stereocenters. The second-order valence-corrected chi connectivity index (χ2v) is 15.1. The van der Waals surface area contributed by atoms with Crippen LogP contribution in [-0.2, 0) is 26.8 Å². The number of amides is 2. The van der Waals surface area contributed by atoms with Crippen molar-refractivity contribution in [1.82, 2.24) is 10.0 Å². The molecule has 1 saturated carbocycles. The molecule has 0 spiro atoms. The number of sulfonamides is 1. The average molecular weight is 666 g/mol. The van der Waals surface area contributed by atoms with Gasteiger partial charge in [-0.3, -0.25) is 4.79 Å². The minimum Gasteiger partial charge on any atom is -0.446 e. The van der Waals surface area contributed by atoms with E-state index in [1.54, 1.807) is 30.3 Å². The molecule has 2 amide bonds. The van der Waals surface area contributed by atoms with E-state index >= 15 is 0 Å². The lowest BCUT2D eigenvalue weighted by molar-refractivity contribution is -0.103. The van der Waals surface area contributed by atoms with Gasteiger partial charge in [-0.2, -0.15) is 0 Å². The Morgan fingerprint density at radius 2 is 1.60 bits per heavy atom. The number of rotatable bonds is 13. The Hall–Kier alpha value is -3.93. The van der Waals surface area contributed by atoms with E-state index < -0.39 is 33.0 Å². The number of benzene rings is 3. The molecule has 0 bridgehead atoms. The molecule has 0 heterocycles. The summed E-state index contributed by atoms with van der Waals surface area (Å²) in [4.78, 5) is 25.6. The van der Waals surface area contributed by atoms with E-state index in [9.17, 15) is 23.1 Å². The quantitative estimate of drug-likeness (QED) is 0.155. The number of nitrogens with one attached hydrogen (secondary N) is 2. The summed E-state index contributed by atoms with van der Waals surface area (Å²) in [6.45, 7) is 5.49. The maximum Gasteiger partial charge on any atom is 0.407 e. The van der Waals surface area contributed by atoms with Crippen LogP contribution in [0.1, 0.15) is 85.8 Å². The zero-order chi connectivity index (χ0) is 34.2. The Labute approximate surface area is 277 Å². The molecule has 1 aliphatic carbocycles. The predicted octanol–water partition coefficient (Wildman–Crippen LogP) is 5.24. The number of hydrogen-bond donors (Lipinski definition) is 5. The number of anilines is 1. The number of carbonyl (C=O) groups is 2. The smallest absolute Gasteiger partial charge is 0.407 e. The van der Waals surface area contributed by atoms with Crippen molar-refractivity contribution in [2.75, 3.05) is 31.2 Å². The number of hydrogen-bond acceptors (Lipinski definition) is 8. The predicted molar refractivity (Wildman–Crippen MR) is 183 cm³/mol. The Morgan fingerprint density at radius 1 is 0.957 bits per heavy atom. The van der Waals surface area contributed by atoms with Gasteiger partial charge in [0.15, 0.2) is 0 Å². The first-order valence-electron chi connectivity index (χ1n) is 16.1. The summed E-state index contributed by atoms with van der Waals surface area (Å²) < 4.78 is 32.3. The first-order valence-corrected chi connectivity index (χ1v) is 17.8. The lowest BCUT2D eigenvalue weighted by Crippen LogP contribution is -2.45. The van der Waals surface area contributed by atoms with Crippen molar-refractivity contribution in [2.24, 2.45) is 5.41 Å². The number of carbonyl (C=O) groups excluding carboxylic acids is 2. The highest BCUT2D eigenvalue weighted by molar-refractivity contribution is 7.90. The zero-order valence-electron chi connectivity index (χ0n) is 27.4. The summed E-state index contributed by atoms with van der Waals surface area (Å²) >= 11 is 0. The molecule has 11 heteroatoms. The number of alkyl carbamates (subject to hydrolysis) is 1. The van der Waals surface area contributed by atoms with Crippen molar-refractivity contribution in [2.45, 2.75) is 70.8 Å². The van der Waals surface area contributed by atoms with Gasteiger partial charge in [0.25, 0.3) is 5.91 Å². The molecule has 1 atom stereocenters. The summed E-state index contributed by atoms with van der Waals surface area (Å²) in [7, 11) is -3.85. The largest absolute Gasteiger partial charge is 0.446 e. The van der Waals surface area contributed by atoms with Crippen molar-refractivity contribution in [1.29, 1.82) is 0 Å². The molecule has 47 heavy (non-hydrogen) atoms. The van der Waals surface area contributed by atoms with E-state index in [1.807, 2.05) is 57.2 Å². The lowest BCUT2D eigenvalue weighted by atomic mass is 9.72. The van der Waals surface area contributed by atoms with Gasteiger partial charge in [-0.25, -0.2) is 17.9 Å². The van der Waals surface area contributed by atoms with Crippen molar-refractivity contribution < 1.29 is 33.0 Å². The van der Waals surface area contributed by atoms with Crippen LogP contribution in [0.4, 0.5) is 10.5 Å². The van der Waals surface area contributed by atoms with E-state index in [2.05, 4.69) is 10.0 Å². The summed E-state index contributed by atoms with van der Waals surface area (Å²) in [6.07, 6.45) is 3.99. The molecule has 3 aromatic rings. The van der Waals surface area contributed by atoms with Crippen LogP contribution in [0.2, 0.25) is 0 Å². The molecule has 0 aromatic heterocycles. The van der Waals surface area contributed by atoms with Crippen LogP contribution in [0.15, 0.2) is 66.7 Å². The molecule has 0 aliphatic heterocycles. The molecule has 4 rings (SSSR count). The Bertz CT molecular complexity index is 1630. The van der Waals surface area contributed by atoms with Gasteiger partial charge in [-0.05, 0) is 83.0 Å². The molecule has 10 nitrogen and oxygen atoms in total. The third-order valence-corrected chi connectivity index (χ3v) is 10.2. The number of ether oxygens (including phenoxy) is 1. The fourth-order valence-electron chi connectivity index (χ4n) is 5.91. The van der Waals surface area contributed by atoms with Gasteiger partial charge in [0.2, 0.25) is 10.0 Å². The molecule has 0 radical (unpaired) electrons. The summed E-state index contributed by atoms with van der Waals surface area (Å²) in [6, 6.07) is 20.3. The van der Waals surface area contributed by atoms with Gasteiger partial charge in [-0.15, -0.1) is 0 Å². The van der Waals surface area contributed by atoms with Crippen molar-refractivity contribution >= 4 is 27.7 Å². The average Bonchev–Trinajstić information content (AvgIpc) is 3.57. The first kappa shape index (κ1) is 35.9. The number of nitrogens with two attached hydrogens (primary N) is 1. The fourth-order valence-corrected chi connectivity index (χ4v) is 6.91. The first-order chi connectivity index (χ1) is 22.2. The van der Waals surface area contributed by atoms with Crippen LogP contribution in [-0.4, -0.2) is 56.1 Å². The minimum absolute atomic E-state index is 0.0558. The van der Waals surface area contributed by atoms with Crippen molar-refractivity contribution in [3.63, 3.8) is 0 Å². The molecule has 254 valence electrons. The van der Waals surface area contributed by atoms with Crippen LogP contribution < -0.4 is 15.8 Å². The molecule has 1 fully saturated rings. The van der Waals surface area contributed by atoms with Gasteiger partial charge in [0.05, 0.1) is 5.75 Å². The summed E-state index contributed by atoms with van der Waals surface area (Å²) in [5.41, 5.74) is 9.05. The lowest BCUT2D eigenvalue weighted by Gasteiger charge is -2.40. The van der Waals surface area contributed by atoms with E-state index in [1.165, 1.54) is 0 Å². The Kier molecular flexibility index (Phi) is 11.7. The van der Waals surface area contributed by atoms with E-state index in [0.29, 0.717) is 29.8 Å².